The van der Waals surface area contributed by atoms with E-state index in [1.807, 2.05) is 19.2 Å². The fourth-order valence-electron chi connectivity index (χ4n) is 2.76. The van der Waals surface area contributed by atoms with Crippen molar-refractivity contribution in [3.05, 3.63) is 69.9 Å². The summed E-state index contributed by atoms with van der Waals surface area (Å²) in [5, 5.41) is 15.9. The minimum absolute atomic E-state index is 0.0519. The highest BCUT2D eigenvalue weighted by Gasteiger charge is 2.11. The van der Waals surface area contributed by atoms with Crippen molar-refractivity contribution in [1.29, 1.82) is 0 Å². The number of carbonyl (C=O) groups excluding carboxylic acids is 1. The molecule has 8 nitrogen and oxygen atoms in total. The second-order valence-electron chi connectivity index (χ2n) is 5.99. The molecule has 8 heteroatoms. The highest BCUT2D eigenvalue weighted by atomic mass is 16.6. The van der Waals surface area contributed by atoms with Gasteiger partial charge in [0.15, 0.2) is 0 Å². The van der Waals surface area contributed by atoms with Gasteiger partial charge in [-0.1, -0.05) is 12.1 Å². The first-order chi connectivity index (χ1) is 12.5. The zero-order valence-corrected chi connectivity index (χ0v) is 14.5. The molecule has 3 rings (SSSR count). The molecule has 134 valence electrons. The van der Waals surface area contributed by atoms with Crippen LogP contribution >= 0.6 is 0 Å². The fraction of sp³-hybridized carbons (Fsp3) is 0.222. The maximum Gasteiger partial charge on any atom is 0.337 e. The Balaban J connectivity index is 1.70. The molecule has 0 aliphatic heterocycles. The Morgan fingerprint density at radius 1 is 1.27 bits per heavy atom. The molecular formula is C18H18N4O4. The van der Waals surface area contributed by atoms with E-state index in [2.05, 4.69) is 14.7 Å². The first-order valence-corrected chi connectivity index (χ1v) is 7.93. The Bertz CT molecular complexity index is 949. The number of carbonyl (C=O) groups is 1. The quantitative estimate of drug-likeness (QED) is 0.384. The molecule has 0 aliphatic rings. The van der Waals surface area contributed by atoms with E-state index in [0.717, 1.165) is 16.5 Å². The van der Waals surface area contributed by atoms with Gasteiger partial charge < -0.3 is 4.74 Å². The number of non-ortho nitro benzene ring substituents is 1. The standard InChI is InChI=1S/C18H18N4O4/c1-20(11-13-3-5-14(6-4-13)18(23)26-2)12-21-17-8-7-16(22(24)25)9-15(17)10-19-21/h3-10H,11-12H2,1-2H3. The first kappa shape index (κ1) is 17.6. The van der Waals surface area contributed by atoms with Crippen molar-refractivity contribution in [2.75, 3.05) is 14.2 Å². The number of ether oxygens (including phenoxy) is 1. The Morgan fingerprint density at radius 2 is 2.00 bits per heavy atom. The van der Waals surface area contributed by atoms with E-state index >= 15 is 0 Å². The molecule has 0 atom stereocenters. The SMILES string of the molecule is COC(=O)c1ccc(CN(C)Cn2ncc3cc([N+](=O)[O-])ccc32)cc1. The minimum Gasteiger partial charge on any atom is -0.465 e. The lowest BCUT2D eigenvalue weighted by molar-refractivity contribution is -0.384. The van der Waals surface area contributed by atoms with Gasteiger partial charge in [0.05, 0.1) is 36.0 Å². The van der Waals surface area contributed by atoms with E-state index in [1.54, 1.807) is 29.1 Å². The van der Waals surface area contributed by atoms with Crippen molar-refractivity contribution in [2.24, 2.45) is 0 Å². The average Bonchev–Trinajstić information content (AvgIpc) is 3.03. The van der Waals surface area contributed by atoms with Crippen molar-refractivity contribution >= 4 is 22.6 Å². The van der Waals surface area contributed by atoms with Gasteiger partial charge in [-0.3, -0.25) is 19.7 Å². The number of fused-ring (bicyclic) bond motifs is 1. The van der Waals surface area contributed by atoms with Crippen LogP contribution in [0.4, 0.5) is 5.69 Å². The summed E-state index contributed by atoms with van der Waals surface area (Å²) in [6.07, 6.45) is 1.63. The topological polar surface area (TPSA) is 90.5 Å². The van der Waals surface area contributed by atoms with Crippen LogP contribution in [-0.4, -0.2) is 39.7 Å². The second kappa shape index (κ2) is 7.32. The predicted molar refractivity (Wildman–Crippen MR) is 95.6 cm³/mol. The molecule has 3 aromatic rings. The van der Waals surface area contributed by atoms with Crippen LogP contribution < -0.4 is 0 Å². The normalized spacial score (nSPS) is 11.0. The molecule has 0 saturated heterocycles. The molecule has 1 heterocycles. The largest absolute Gasteiger partial charge is 0.465 e. The lowest BCUT2D eigenvalue weighted by Gasteiger charge is -2.17. The summed E-state index contributed by atoms with van der Waals surface area (Å²) < 4.78 is 6.48. The van der Waals surface area contributed by atoms with Gasteiger partial charge in [0.2, 0.25) is 0 Å². The summed E-state index contributed by atoms with van der Waals surface area (Å²) in [6, 6.07) is 11.9. The van der Waals surface area contributed by atoms with Crippen LogP contribution in [-0.2, 0) is 18.0 Å². The van der Waals surface area contributed by atoms with Crippen molar-refractivity contribution in [2.45, 2.75) is 13.2 Å². The number of benzene rings is 2. The van der Waals surface area contributed by atoms with E-state index in [0.29, 0.717) is 18.8 Å². The molecule has 0 saturated carbocycles. The van der Waals surface area contributed by atoms with Crippen molar-refractivity contribution in [1.82, 2.24) is 14.7 Å². The Labute approximate surface area is 149 Å². The maximum absolute atomic E-state index is 11.5. The summed E-state index contributed by atoms with van der Waals surface area (Å²) in [5.74, 6) is -0.359. The Hall–Kier alpha value is -3.26. The van der Waals surface area contributed by atoms with Crippen LogP contribution in [0.25, 0.3) is 10.9 Å². The lowest BCUT2D eigenvalue weighted by Crippen LogP contribution is -2.22. The van der Waals surface area contributed by atoms with E-state index in [1.165, 1.54) is 19.2 Å². The molecule has 0 aliphatic carbocycles. The van der Waals surface area contributed by atoms with Gasteiger partial charge in [0.1, 0.15) is 0 Å². The van der Waals surface area contributed by atoms with Gasteiger partial charge in [-0.15, -0.1) is 0 Å². The average molecular weight is 354 g/mol. The van der Waals surface area contributed by atoms with Crippen molar-refractivity contribution < 1.29 is 14.5 Å². The van der Waals surface area contributed by atoms with Gasteiger partial charge in [-0.05, 0) is 30.8 Å². The second-order valence-corrected chi connectivity index (χ2v) is 5.99. The smallest absolute Gasteiger partial charge is 0.337 e. The van der Waals surface area contributed by atoms with Crippen LogP contribution in [0, 0.1) is 10.1 Å². The summed E-state index contributed by atoms with van der Waals surface area (Å²) in [5.41, 5.74) is 2.45. The van der Waals surface area contributed by atoms with Gasteiger partial charge in [0, 0.05) is 24.1 Å². The van der Waals surface area contributed by atoms with Crippen LogP contribution in [0.15, 0.2) is 48.7 Å². The number of rotatable bonds is 6. The number of aromatic nitrogens is 2. The summed E-state index contributed by atoms with van der Waals surface area (Å²) in [4.78, 5) is 24.0. The van der Waals surface area contributed by atoms with Crippen LogP contribution in [0.5, 0.6) is 0 Å². The summed E-state index contributed by atoms with van der Waals surface area (Å²) in [6.45, 7) is 1.19. The molecule has 26 heavy (non-hydrogen) atoms. The van der Waals surface area contributed by atoms with Crippen molar-refractivity contribution in [3.63, 3.8) is 0 Å². The predicted octanol–water partition coefficient (Wildman–Crippen LogP) is 2.82. The number of esters is 1. The molecule has 1 aromatic heterocycles. The van der Waals surface area contributed by atoms with E-state index in [9.17, 15) is 14.9 Å². The zero-order valence-electron chi connectivity index (χ0n) is 14.5. The van der Waals surface area contributed by atoms with E-state index in [4.69, 9.17) is 0 Å². The third-order valence-electron chi connectivity index (χ3n) is 4.04. The molecule has 0 radical (unpaired) electrons. The van der Waals surface area contributed by atoms with Crippen LogP contribution in [0.2, 0.25) is 0 Å². The monoisotopic (exact) mass is 354 g/mol. The molecule has 0 N–H and O–H groups in total. The highest BCUT2D eigenvalue weighted by Crippen LogP contribution is 2.21. The van der Waals surface area contributed by atoms with Gasteiger partial charge in [-0.2, -0.15) is 5.10 Å². The molecule has 2 aromatic carbocycles. The van der Waals surface area contributed by atoms with Gasteiger partial charge in [-0.25, -0.2) is 4.79 Å². The van der Waals surface area contributed by atoms with Gasteiger partial charge in [0.25, 0.3) is 5.69 Å². The third-order valence-corrected chi connectivity index (χ3v) is 4.04. The number of hydrogen-bond donors (Lipinski definition) is 0. The Kier molecular flexibility index (Phi) is 4.94. The molecule has 0 spiro atoms. The summed E-state index contributed by atoms with van der Waals surface area (Å²) in [7, 11) is 3.31. The lowest BCUT2D eigenvalue weighted by atomic mass is 10.1. The van der Waals surface area contributed by atoms with Crippen molar-refractivity contribution in [3.8, 4) is 0 Å². The third kappa shape index (κ3) is 3.70. The molecule has 0 fully saturated rings. The molecule has 0 amide bonds. The molecule has 0 bridgehead atoms. The molecular weight excluding hydrogens is 336 g/mol. The highest BCUT2D eigenvalue weighted by molar-refractivity contribution is 5.89. The van der Waals surface area contributed by atoms with Crippen LogP contribution in [0.1, 0.15) is 15.9 Å². The number of nitro groups is 1. The minimum atomic E-state index is -0.416. The van der Waals surface area contributed by atoms with E-state index in [-0.39, 0.29) is 11.7 Å². The molecule has 0 unspecified atom stereocenters. The number of methoxy groups -OCH3 is 1. The van der Waals surface area contributed by atoms with E-state index < -0.39 is 4.92 Å². The zero-order chi connectivity index (χ0) is 18.7. The maximum atomic E-state index is 11.5. The number of nitrogens with zero attached hydrogens (tertiary/aromatic N) is 4. The Morgan fingerprint density at radius 3 is 2.65 bits per heavy atom. The first-order valence-electron chi connectivity index (χ1n) is 7.93. The summed E-state index contributed by atoms with van der Waals surface area (Å²) >= 11 is 0. The fourth-order valence-corrected chi connectivity index (χ4v) is 2.76. The number of hydrogen-bond acceptors (Lipinski definition) is 6. The van der Waals surface area contributed by atoms with Crippen LogP contribution in [0.3, 0.4) is 0 Å². The van der Waals surface area contributed by atoms with Gasteiger partial charge >= 0.3 is 5.97 Å². The number of nitro benzene ring substituents is 1.